The highest BCUT2D eigenvalue weighted by molar-refractivity contribution is 5.68. The van der Waals surface area contributed by atoms with Crippen LogP contribution in [0.15, 0.2) is 24.3 Å². The maximum atomic E-state index is 5.68. The van der Waals surface area contributed by atoms with Crippen molar-refractivity contribution < 1.29 is 14.2 Å². The molecular weight excluding hydrogens is 376 g/mol. The van der Waals surface area contributed by atoms with Gasteiger partial charge in [-0.3, -0.25) is 0 Å². The van der Waals surface area contributed by atoms with Crippen LogP contribution in [0, 0.1) is 0 Å². The van der Waals surface area contributed by atoms with Gasteiger partial charge in [-0.05, 0) is 59.9 Å². The molecule has 0 aromatic heterocycles. The summed E-state index contributed by atoms with van der Waals surface area (Å²) in [4.78, 5) is 2.45. The number of hydrogen-bond donors (Lipinski definition) is 1. The second kappa shape index (κ2) is 8.50. The summed E-state index contributed by atoms with van der Waals surface area (Å²) in [7, 11) is 5.14. The molecule has 0 fully saturated rings. The number of benzene rings is 2. The normalized spacial score (nSPS) is 16.8. The Morgan fingerprint density at radius 3 is 2.47 bits per heavy atom. The number of hydrogen-bond acceptors (Lipinski definition) is 5. The third kappa shape index (κ3) is 3.36. The minimum atomic E-state index is 0.206. The lowest BCUT2D eigenvalue weighted by molar-refractivity contribution is 0.329. The molecule has 2 aromatic rings. The van der Waals surface area contributed by atoms with Gasteiger partial charge in [0, 0.05) is 24.5 Å². The first-order valence-electron chi connectivity index (χ1n) is 10.8. The Hall–Kier alpha value is -2.82. The largest absolute Gasteiger partial charge is 0.495 e. The summed E-state index contributed by atoms with van der Waals surface area (Å²) in [6.07, 6.45) is 5.59. The summed E-state index contributed by atoms with van der Waals surface area (Å²) < 4.78 is 16.8. The van der Waals surface area contributed by atoms with Crippen LogP contribution >= 0.6 is 0 Å². The van der Waals surface area contributed by atoms with E-state index in [0.717, 1.165) is 55.3 Å². The fourth-order valence-electron chi connectivity index (χ4n) is 4.72. The van der Waals surface area contributed by atoms with E-state index in [4.69, 9.17) is 14.2 Å². The van der Waals surface area contributed by atoms with Crippen molar-refractivity contribution in [1.29, 1.82) is 0 Å². The van der Waals surface area contributed by atoms with Crippen LogP contribution in [0.3, 0.4) is 0 Å². The molecule has 5 heteroatoms. The van der Waals surface area contributed by atoms with Crippen LogP contribution < -0.4 is 30.0 Å². The van der Waals surface area contributed by atoms with Crippen molar-refractivity contribution in [3.8, 4) is 17.2 Å². The Morgan fingerprint density at radius 2 is 1.77 bits per heavy atom. The summed E-state index contributed by atoms with van der Waals surface area (Å²) >= 11 is 0. The topological polar surface area (TPSA) is 43.0 Å². The summed E-state index contributed by atoms with van der Waals surface area (Å²) in [5.74, 6) is 2.49. The van der Waals surface area contributed by atoms with Crippen LogP contribution in [-0.4, -0.2) is 39.3 Å². The molecule has 0 saturated carbocycles. The van der Waals surface area contributed by atoms with Crippen LogP contribution in [0.5, 0.6) is 17.2 Å². The second-order valence-electron chi connectivity index (χ2n) is 7.99. The molecule has 5 nitrogen and oxygen atoms in total. The van der Waals surface area contributed by atoms with Gasteiger partial charge < -0.3 is 24.4 Å². The van der Waals surface area contributed by atoms with Crippen LogP contribution in [0.1, 0.15) is 43.9 Å². The summed E-state index contributed by atoms with van der Waals surface area (Å²) in [6.45, 7) is 6.37. The van der Waals surface area contributed by atoms with E-state index in [1.807, 2.05) is 0 Å². The standard InChI is InChI=1S/C25H32N2O3/c1-6-7-11-26-24-20-15-27-12-10-17-13-22(29-4)23(30-5)14-19(17)25(27)16(2)18(20)8-9-21(24)28-3/h8-9,13-15,25-26H,6-7,10-12H2,1-5H3. The van der Waals surface area contributed by atoms with Gasteiger partial charge in [-0.2, -0.15) is 0 Å². The van der Waals surface area contributed by atoms with E-state index in [0.29, 0.717) is 0 Å². The Labute approximate surface area is 178 Å². The van der Waals surface area contributed by atoms with Gasteiger partial charge in [0.1, 0.15) is 5.75 Å². The number of ether oxygens (including phenoxy) is 3. The number of anilines is 1. The molecule has 0 bridgehead atoms. The molecule has 2 aliphatic rings. The fourth-order valence-corrected chi connectivity index (χ4v) is 4.72. The smallest absolute Gasteiger partial charge is 0.161 e. The average Bonchev–Trinajstić information content (AvgIpc) is 2.78. The highest BCUT2D eigenvalue weighted by Crippen LogP contribution is 2.42. The summed E-state index contributed by atoms with van der Waals surface area (Å²) in [6, 6.07) is 8.77. The van der Waals surface area contributed by atoms with Crippen LogP contribution in [0.2, 0.25) is 0 Å². The minimum Gasteiger partial charge on any atom is -0.495 e. The molecule has 30 heavy (non-hydrogen) atoms. The molecule has 2 aromatic carbocycles. The first-order valence-corrected chi connectivity index (χ1v) is 10.8. The first kappa shape index (κ1) is 20.5. The first-order chi connectivity index (χ1) is 14.6. The molecule has 2 aliphatic heterocycles. The number of nitrogens with one attached hydrogen (secondary N) is 1. The molecule has 4 rings (SSSR count). The van der Waals surface area contributed by atoms with Gasteiger partial charge >= 0.3 is 0 Å². The summed E-state index contributed by atoms with van der Waals surface area (Å²) in [5.41, 5.74) is 5.08. The molecule has 1 atom stereocenters. The monoisotopic (exact) mass is 408 g/mol. The number of nitrogens with zero attached hydrogens (tertiary/aromatic N) is 1. The predicted molar refractivity (Wildman–Crippen MR) is 122 cm³/mol. The molecule has 0 radical (unpaired) electrons. The van der Waals surface area contributed by atoms with Gasteiger partial charge in [-0.1, -0.05) is 19.4 Å². The molecular formula is C25H32N2O3. The molecule has 1 unspecified atom stereocenters. The molecule has 1 N–H and O–H groups in total. The van der Waals surface area contributed by atoms with Crippen molar-refractivity contribution in [1.82, 2.24) is 4.90 Å². The quantitative estimate of drug-likeness (QED) is 0.711. The van der Waals surface area contributed by atoms with Gasteiger partial charge in [-0.15, -0.1) is 0 Å². The fraction of sp³-hybridized carbons (Fsp3) is 0.440. The van der Waals surface area contributed by atoms with Crippen LogP contribution in [-0.2, 0) is 6.42 Å². The van der Waals surface area contributed by atoms with E-state index >= 15 is 0 Å². The third-order valence-electron chi connectivity index (χ3n) is 6.30. The Morgan fingerprint density at radius 1 is 1.03 bits per heavy atom. The van der Waals surface area contributed by atoms with E-state index < -0.39 is 0 Å². The highest BCUT2D eigenvalue weighted by atomic mass is 16.5. The van der Waals surface area contributed by atoms with E-state index in [2.05, 4.69) is 54.5 Å². The van der Waals surface area contributed by atoms with Gasteiger partial charge in [0.05, 0.1) is 33.1 Å². The zero-order valence-corrected chi connectivity index (χ0v) is 18.7. The third-order valence-corrected chi connectivity index (χ3v) is 6.30. The summed E-state index contributed by atoms with van der Waals surface area (Å²) in [5, 5.41) is 6.13. The maximum absolute atomic E-state index is 5.68. The maximum Gasteiger partial charge on any atom is 0.161 e. The van der Waals surface area contributed by atoms with E-state index in [1.165, 1.54) is 27.1 Å². The van der Waals surface area contributed by atoms with Crippen molar-refractivity contribution in [2.24, 2.45) is 0 Å². The van der Waals surface area contributed by atoms with Crippen molar-refractivity contribution in [2.45, 2.75) is 39.2 Å². The second-order valence-corrected chi connectivity index (χ2v) is 7.99. The average molecular weight is 409 g/mol. The lowest BCUT2D eigenvalue weighted by Gasteiger charge is -2.40. The number of fused-ring (bicyclic) bond motifs is 4. The lowest BCUT2D eigenvalue weighted by Crippen LogP contribution is -2.44. The van der Waals surface area contributed by atoms with Crippen molar-refractivity contribution in [2.75, 3.05) is 39.7 Å². The zero-order valence-electron chi connectivity index (χ0n) is 18.7. The van der Waals surface area contributed by atoms with E-state index in [-0.39, 0.29) is 6.04 Å². The number of unbranched alkanes of at least 4 members (excludes halogenated alkanes) is 1. The van der Waals surface area contributed by atoms with Gasteiger partial charge in [-0.25, -0.2) is 0 Å². The molecule has 0 aliphatic carbocycles. The minimum absolute atomic E-state index is 0.206. The molecule has 0 spiro atoms. The van der Waals surface area contributed by atoms with E-state index in [1.54, 1.807) is 21.3 Å². The molecule has 2 heterocycles. The number of methoxy groups -OCH3 is 3. The van der Waals surface area contributed by atoms with Crippen LogP contribution in [0.4, 0.5) is 5.69 Å². The highest BCUT2D eigenvalue weighted by Gasteiger charge is 2.31. The van der Waals surface area contributed by atoms with Crippen molar-refractivity contribution in [3.05, 3.63) is 45.8 Å². The lowest BCUT2D eigenvalue weighted by atomic mass is 9.85. The Balaban J connectivity index is 1.87. The van der Waals surface area contributed by atoms with Crippen LogP contribution in [0.25, 0.3) is 11.8 Å². The van der Waals surface area contributed by atoms with Gasteiger partial charge in [0.2, 0.25) is 0 Å². The van der Waals surface area contributed by atoms with Crippen molar-refractivity contribution >= 4 is 17.5 Å². The molecule has 0 amide bonds. The van der Waals surface area contributed by atoms with E-state index in [9.17, 15) is 0 Å². The molecule has 160 valence electrons. The Bertz CT molecular complexity index is 1060. The number of rotatable bonds is 7. The molecule has 0 saturated heterocycles. The Kier molecular flexibility index (Phi) is 5.80. The van der Waals surface area contributed by atoms with Gasteiger partial charge in [0.15, 0.2) is 11.5 Å². The predicted octanol–water partition coefficient (Wildman–Crippen LogP) is 3.45. The van der Waals surface area contributed by atoms with Crippen molar-refractivity contribution in [3.63, 3.8) is 0 Å². The van der Waals surface area contributed by atoms with Gasteiger partial charge in [0.25, 0.3) is 0 Å². The zero-order chi connectivity index (χ0) is 21.3. The SMILES string of the molecule is CCCCNc1c(OC)ccc2c1=CN1CCc3cc(OC)c(OC)cc3C1C=2C.